The number of ether oxygens (including phenoxy) is 1. The SMILES string of the molecule is CCCCOC(=O)[C@]1(CCCN=C(N)N)NC1CC(C)N. The third kappa shape index (κ3) is 5.51. The second-order valence-corrected chi connectivity index (χ2v) is 5.78. The smallest absolute Gasteiger partial charge is 0.327 e. The zero-order valence-corrected chi connectivity index (χ0v) is 13.1. The summed E-state index contributed by atoms with van der Waals surface area (Å²) in [6.07, 6.45) is 4.02. The number of carbonyl (C=O) groups excluding carboxylic acids is 1. The fourth-order valence-electron chi connectivity index (χ4n) is 2.45. The van der Waals surface area contributed by atoms with Crippen molar-refractivity contribution >= 4 is 11.9 Å². The molecule has 7 heteroatoms. The number of nitrogens with zero attached hydrogens (tertiary/aromatic N) is 1. The molecule has 0 bridgehead atoms. The summed E-state index contributed by atoms with van der Waals surface area (Å²) >= 11 is 0. The molecule has 3 atom stereocenters. The summed E-state index contributed by atoms with van der Waals surface area (Å²) in [4.78, 5) is 16.3. The molecule has 21 heavy (non-hydrogen) atoms. The van der Waals surface area contributed by atoms with Gasteiger partial charge in [0.1, 0.15) is 5.54 Å². The van der Waals surface area contributed by atoms with E-state index in [-0.39, 0.29) is 24.0 Å². The zero-order chi connectivity index (χ0) is 15.9. The van der Waals surface area contributed by atoms with E-state index >= 15 is 0 Å². The third-order valence-corrected chi connectivity index (χ3v) is 3.67. The van der Waals surface area contributed by atoms with Crippen molar-refractivity contribution < 1.29 is 9.53 Å². The number of rotatable bonds is 10. The van der Waals surface area contributed by atoms with Crippen LogP contribution >= 0.6 is 0 Å². The number of hydrogen-bond acceptors (Lipinski definition) is 5. The van der Waals surface area contributed by atoms with Crippen LogP contribution in [-0.4, -0.2) is 42.7 Å². The first-order chi connectivity index (χ1) is 9.92. The lowest BCUT2D eigenvalue weighted by Gasteiger charge is -2.15. The molecule has 7 N–H and O–H groups in total. The van der Waals surface area contributed by atoms with E-state index in [4.69, 9.17) is 21.9 Å². The lowest BCUT2D eigenvalue weighted by Crippen LogP contribution is -2.33. The van der Waals surface area contributed by atoms with Crippen molar-refractivity contribution in [2.75, 3.05) is 13.2 Å². The highest BCUT2D eigenvalue weighted by atomic mass is 16.5. The summed E-state index contributed by atoms with van der Waals surface area (Å²) in [6.45, 7) is 4.98. The van der Waals surface area contributed by atoms with Gasteiger partial charge >= 0.3 is 5.97 Å². The van der Waals surface area contributed by atoms with E-state index in [1.807, 2.05) is 6.92 Å². The van der Waals surface area contributed by atoms with Crippen molar-refractivity contribution in [2.45, 2.75) is 63.6 Å². The van der Waals surface area contributed by atoms with Gasteiger partial charge in [-0.25, -0.2) is 4.79 Å². The fourth-order valence-corrected chi connectivity index (χ4v) is 2.45. The first-order valence-electron chi connectivity index (χ1n) is 7.68. The van der Waals surface area contributed by atoms with Crippen LogP contribution in [0.25, 0.3) is 0 Å². The van der Waals surface area contributed by atoms with Crippen LogP contribution in [0.2, 0.25) is 0 Å². The van der Waals surface area contributed by atoms with E-state index in [0.717, 1.165) is 25.7 Å². The van der Waals surface area contributed by atoms with E-state index in [9.17, 15) is 4.79 Å². The molecule has 122 valence electrons. The Morgan fingerprint density at radius 2 is 2.14 bits per heavy atom. The zero-order valence-electron chi connectivity index (χ0n) is 13.1. The van der Waals surface area contributed by atoms with Gasteiger partial charge in [-0.1, -0.05) is 13.3 Å². The molecule has 1 rings (SSSR count). The van der Waals surface area contributed by atoms with Gasteiger partial charge < -0.3 is 21.9 Å². The predicted molar refractivity (Wildman–Crippen MR) is 83.7 cm³/mol. The summed E-state index contributed by atoms with van der Waals surface area (Å²) in [7, 11) is 0. The lowest BCUT2D eigenvalue weighted by atomic mass is 9.95. The second-order valence-electron chi connectivity index (χ2n) is 5.78. The molecule has 0 radical (unpaired) electrons. The molecule has 0 aromatic heterocycles. The number of esters is 1. The average Bonchev–Trinajstić information content (AvgIpc) is 3.08. The predicted octanol–water partition coefficient (Wildman–Crippen LogP) is -0.169. The summed E-state index contributed by atoms with van der Waals surface area (Å²) in [5.41, 5.74) is 15.8. The second kappa shape index (κ2) is 8.19. The van der Waals surface area contributed by atoms with Crippen LogP contribution in [0.4, 0.5) is 0 Å². The Morgan fingerprint density at radius 1 is 1.43 bits per heavy atom. The van der Waals surface area contributed by atoms with Gasteiger partial charge in [0.15, 0.2) is 5.96 Å². The number of guanidine groups is 1. The van der Waals surface area contributed by atoms with Gasteiger partial charge in [-0.05, 0) is 32.6 Å². The number of hydrogen-bond donors (Lipinski definition) is 4. The van der Waals surface area contributed by atoms with Crippen molar-refractivity contribution in [3.8, 4) is 0 Å². The summed E-state index contributed by atoms with van der Waals surface area (Å²) < 4.78 is 5.37. The Hall–Kier alpha value is -1.34. The molecule has 1 saturated heterocycles. The van der Waals surface area contributed by atoms with Crippen LogP contribution in [0, 0.1) is 0 Å². The standard InChI is InChI=1S/C14H29N5O2/c1-3-4-8-21-12(20)14(6-5-7-18-13(16)17)11(19-14)9-10(2)15/h10-11,19H,3-9,15H2,1-2H3,(H4,16,17,18)/t10?,11?,14-/m1/s1. The molecule has 2 unspecified atom stereocenters. The molecule has 0 aromatic rings. The molecular formula is C14H29N5O2. The largest absolute Gasteiger partial charge is 0.464 e. The van der Waals surface area contributed by atoms with Crippen molar-refractivity contribution in [1.82, 2.24) is 5.32 Å². The van der Waals surface area contributed by atoms with E-state index < -0.39 is 5.54 Å². The Balaban J connectivity index is 2.52. The van der Waals surface area contributed by atoms with Gasteiger partial charge in [0.05, 0.1) is 6.61 Å². The van der Waals surface area contributed by atoms with Crippen molar-refractivity contribution in [2.24, 2.45) is 22.2 Å². The highest BCUT2D eigenvalue weighted by Gasteiger charge is 2.59. The van der Waals surface area contributed by atoms with Gasteiger partial charge in [0.2, 0.25) is 0 Å². The van der Waals surface area contributed by atoms with Crippen LogP contribution in [0.3, 0.4) is 0 Å². The monoisotopic (exact) mass is 299 g/mol. The molecule has 1 heterocycles. The fraction of sp³-hybridized carbons (Fsp3) is 0.857. The van der Waals surface area contributed by atoms with Gasteiger partial charge in [-0.2, -0.15) is 0 Å². The molecule has 0 amide bonds. The van der Waals surface area contributed by atoms with Crippen molar-refractivity contribution in [3.05, 3.63) is 0 Å². The quantitative estimate of drug-likeness (QED) is 0.145. The number of carbonyl (C=O) groups is 1. The summed E-state index contributed by atoms with van der Waals surface area (Å²) in [5, 5.41) is 3.26. The van der Waals surface area contributed by atoms with E-state index in [1.54, 1.807) is 0 Å². The Bertz CT molecular complexity index is 368. The van der Waals surface area contributed by atoms with Gasteiger partial charge in [-0.3, -0.25) is 10.3 Å². The molecule has 0 aromatic carbocycles. The number of nitrogens with one attached hydrogen (secondary N) is 1. The van der Waals surface area contributed by atoms with Gasteiger partial charge in [0.25, 0.3) is 0 Å². The van der Waals surface area contributed by atoms with Gasteiger partial charge in [0, 0.05) is 18.6 Å². The first kappa shape index (κ1) is 17.7. The Morgan fingerprint density at radius 3 is 2.71 bits per heavy atom. The number of unbranched alkanes of at least 4 members (excludes halogenated alkanes) is 1. The normalized spacial score (nSPS) is 25.2. The average molecular weight is 299 g/mol. The van der Waals surface area contributed by atoms with Crippen molar-refractivity contribution in [3.63, 3.8) is 0 Å². The molecule has 0 spiro atoms. The molecule has 1 aliphatic rings. The minimum Gasteiger partial charge on any atom is -0.464 e. The van der Waals surface area contributed by atoms with E-state index in [2.05, 4.69) is 17.2 Å². The van der Waals surface area contributed by atoms with E-state index in [1.165, 1.54) is 0 Å². The maximum absolute atomic E-state index is 12.3. The van der Waals surface area contributed by atoms with Crippen LogP contribution in [-0.2, 0) is 9.53 Å². The Labute approximate surface area is 126 Å². The topological polar surface area (TPSA) is 139 Å². The first-order valence-corrected chi connectivity index (χ1v) is 7.68. The summed E-state index contributed by atoms with van der Waals surface area (Å²) in [6, 6.07) is 0.136. The maximum Gasteiger partial charge on any atom is 0.327 e. The van der Waals surface area contributed by atoms with Crippen LogP contribution in [0.1, 0.15) is 46.0 Å². The van der Waals surface area contributed by atoms with E-state index in [0.29, 0.717) is 19.6 Å². The van der Waals surface area contributed by atoms with Gasteiger partial charge in [-0.15, -0.1) is 0 Å². The minimum atomic E-state index is -0.597. The van der Waals surface area contributed by atoms with Crippen molar-refractivity contribution in [1.29, 1.82) is 0 Å². The van der Waals surface area contributed by atoms with Crippen LogP contribution < -0.4 is 22.5 Å². The molecule has 0 saturated carbocycles. The van der Waals surface area contributed by atoms with Crippen LogP contribution in [0.5, 0.6) is 0 Å². The Kier molecular flexibility index (Phi) is 6.91. The molecular weight excluding hydrogens is 270 g/mol. The highest BCUT2D eigenvalue weighted by Crippen LogP contribution is 2.36. The summed E-state index contributed by atoms with van der Waals surface area (Å²) in [5.74, 6) is -0.100. The maximum atomic E-state index is 12.3. The highest BCUT2D eigenvalue weighted by molar-refractivity contribution is 5.86. The lowest BCUT2D eigenvalue weighted by molar-refractivity contribution is -0.147. The minimum absolute atomic E-state index is 0.0468. The molecule has 1 fully saturated rings. The third-order valence-electron chi connectivity index (χ3n) is 3.67. The molecule has 7 nitrogen and oxygen atoms in total. The molecule has 1 aliphatic heterocycles. The van der Waals surface area contributed by atoms with Crippen LogP contribution in [0.15, 0.2) is 4.99 Å². The molecule has 0 aliphatic carbocycles. The number of aliphatic imine (C=N–C) groups is 1. The number of nitrogens with two attached hydrogens (primary N) is 3.